The smallest absolute Gasteiger partial charge is 0.244 e. The quantitative estimate of drug-likeness (QED) is 0.764. The maximum Gasteiger partial charge on any atom is 0.364 e. The fourth-order valence-corrected chi connectivity index (χ4v) is 1.18. The third kappa shape index (κ3) is 2.05. The van der Waals surface area contributed by atoms with Gasteiger partial charge in [-0.2, -0.15) is 14.9 Å². The van der Waals surface area contributed by atoms with E-state index in [0.717, 1.165) is 4.68 Å². The van der Waals surface area contributed by atoms with Crippen LogP contribution in [0, 0.1) is 12.7 Å². The summed E-state index contributed by atoms with van der Waals surface area (Å²) in [4.78, 5) is 11.2. The molecule has 0 aliphatic rings. The summed E-state index contributed by atoms with van der Waals surface area (Å²) in [7, 11) is 0. The minimum atomic E-state index is -0.407. The SMILES string of the molecule is Cc1n[nH]c(=O)n1/N=C/c1ccc(F)cc1. The van der Waals surface area contributed by atoms with E-state index < -0.39 is 5.69 Å². The summed E-state index contributed by atoms with van der Waals surface area (Å²) in [5.74, 6) is 0.150. The monoisotopic (exact) mass is 220 g/mol. The summed E-state index contributed by atoms with van der Waals surface area (Å²) in [5.41, 5.74) is 0.296. The highest BCUT2D eigenvalue weighted by molar-refractivity contribution is 5.79. The van der Waals surface area contributed by atoms with Crippen molar-refractivity contribution in [3.63, 3.8) is 0 Å². The number of hydrogen-bond donors (Lipinski definition) is 1. The number of rotatable bonds is 2. The van der Waals surface area contributed by atoms with Crippen molar-refractivity contribution in [2.75, 3.05) is 0 Å². The molecule has 1 aromatic heterocycles. The zero-order valence-corrected chi connectivity index (χ0v) is 8.51. The Kier molecular flexibility index (Phi) is 2.63. The van der Waals surface area contributed by atoms with Gasteiger partial charge in [-0.3, -0.25) is 0 Å². The minimum Gasteiger partial charge on any atom is -0.244 e. The Morgan fingerprint density at radius 1 is 1.44 bits per heavy atom. The number of hydrogen-bond acceptors (Lipinski definition) is 3. The van der Waals surface area contributed by atoms with Gasteiger partial charge >= 0.3 is 5.69 Å². The van der Waals surface area contributed by atoms with E-state index in [0.29, 0.717) is 11.4 Å². The number of aryl methyl sites for hydroxylation is 1. The summed E-state index contributed by atoms with van der Waals surface area (Å²) in [6.45, 7) is 1.65. The molecule has 82 valence electrons. The molecule has 0 saturated heterocycles. The fraction of sp³-hybridized carbons (Fsp3) is 0.100. The van der Waals surface area contributed by atoms with E-state index >= 15 is 0 Å². The number of nitrogens with zero attached hydrogens (tertiary/aromatic N) is 3. The van der Waals surface area contributed by atoms with Crippen LogP contribution in [0.2, 0.25) is 0 Å². The number of halogens is 1. The van der Waals surface area contributed by atoms with Gasteiger partial charge < -0.3 is 0 Å². The lowest BCUT2D eigenvalue weighted by Gasteiger charge is -1.93. The predicted molar refractivity (Wildman–Crippen MR) is 57.0 cm³/mol. The molecule has 0 spiro atoms. The molecule has 2 rings (SSSR count). The second kappa shape index (κ2) is 4.09. The van der Waals surface area contributed by atoms with Crippen molar-refractivity contribution in [3.8, 4) is 0 Å². The van der Waals surface area contributed by atoms with E-state index in [2.05, 4.69) is 15.3 Å². The van der Waals surface area contributed by atoms with Crippen molar-refractivity contribution in [2.24, 2.45) is 5.10 Å². The Morgan fingerprint density at radius 3 is 2.69 bits per heavy atom. The highest BCUT2D eigenvalue weighted by atomic mass is 19.1. The molecule has 16 heavy (non-hydrogen) atoms. The molecule has 0 saturated carbocycles. The molecule has 1 aromatic carbocycles. The van der Waals surface area contributed by atoms with Crippen molar-refractivity contribution >= 4 is 6.21 Å². The molecule has 5 nitrogen and oxygen atoms in total. The predicted octanol–water partition coefficient (Wildman–Crippen LogP) is 0.901. The third-order valence-electron chi connectivity index (χ3n) is 2.00. The van der Waals surface area contributed by atoms with Gasteiger partial charge in [-0.25, -0.2) is 14.3 Å². The van der Waals surface area contributed by atoms with Gasteiger partial charge in [0.2, 0.25) is 0 Å². The summed E-state index contributed by atoms with van der Waals surface area (Å²) in [6.07, 6.45) is 1.46. The van der Waals surface area contributed by atoms with Crippen LogP contribution in [0.4, 0.5) is 4.39 Å². The lowest BCUT2D eigenvalue weighted by atomic mass is 10.2. The van der Waals surface area contributed by atoms with Gasteiger partial charge in [0.1, 0.15) is 5.82 Å². The van der Waals surface area contributed by atoms with Crippen LogP contribution in [-0.2, 0) is 0 Å². The van der Waals surface area contributed by atoms with E-state index in [-0.39, 0.29) is 5.82 Å². The lowest BCUT2D eigenvalue weighted by Crippen LogP contribution is -2.13. The first kappa shape index (κ1) is 10.3. The van der Waals surface area contributed by atoms with Crippen LogP contribution in [0.15, 0.2) is 34.2 Å². The maximum absolute atomic E-state index is 12.6. The first-order valence-electron chi connectivity index (χ1n) is 4.61. The lowest BCUT2D eigenvalue weighted by molar-refractivity contribution is 0.628. The van der Waals surface area contributed by atoms with E-state index in [1.807, 2.05) is 0 Å². The highest BCUT2D eigenvalue weighted by Crippen LogP contribution is 2.00. The standard InChI is InChI=1S/C10H9FN4O/c1-7-13-14-10(16)15(7)12-6-8-2-4-9(11)5-3-8/h2-6H,1H3,(H,14,16)/b12-6+. The van der Waals surface area contributed by atoms with Crippen LogP contribution < -0.4 is 5.69 Å². The van der Waals surface area contributed by atoms with Gasteiger partial charge in [0.25, 0.3) is 0 Å². The van der Waals surface area contributed by atoms with Crippen molar-refractivity contribution < 1.29 is 4.39 Å². The first-order valence-corrected chi connectivity index (χ1v) is 4.61. The summed E-state index contributed by atoms with van der Waals surface area (Å²) in [6, 6.07) is 5.79. The molecule has 0 aliphatic carbocycles. The van der Waals surface area contributed by atoms with Gasteiger partial charge in [-0.1, -0.05) is 12.1 Å². The van der Waals surface area contributed by atoms with Crippen molar-refractivity contribution in [2.45, 2.75) is 6.92 Å². The summed E-state index contributed by atoms with van der Waals surface area (Å²) in [5, 5.41) is 9.89. The van der Waals surface area contributed by atoms with Crippen molar-refractivity contribution in [3.05, 3.63) is 52.0 Å². The van der Waals surface area contributed by atoms with E-state index in [1.165, 1.54) is 18.3 Å². The van der Waals surface area contributed by atoms with Gasteiger partial charge in [0.15, 0.2) is 5.82 Å². The normalized spacial score (nSPS) is 11.1. The average Bonchev–Trinajstić information content (AvgIpc) is 2.59. The zero-order chi connectivity index (χ0) is 11.5. The summed E-state index contributed by atoms with van der Waals surface area (Å²) >= 11 is 0. The maximum atomic E-state index is 12.6. The molecule has 1 heterocycles. The molecule has 0 fully saturated rings. The van der Waals surface area contributed by atoms with Crippen LogP contribution >= 0.6 is 0 Å². The zero-order valence-electron chi connectivity index (χ0n) is 8.51. The number of aromatic nitrogens is 3. The second-order valence-electron chi connectivity index (χ2n) is 3.18. The Hall–Kier alpha value is -2.24. The molecule has 1 N–H and O–H groups in total. The van der Waals surface area contributed by atoms with Crippen LogP contribution in [0.1, 0.15) is 11.4 Å². The molecule has 0 atom stereocenters. The summed E-state index contributed by atoms with van der Waals surface area (Å²) < 4.78 is 13.7. The molecule has 0 bridgehead atoms. The van der Waals surface area contributed by atoms with E-state index in [9.17, 15) is 9.18 Å². The van der Waals surface area contributed by atoms with Crippen LogP contribution in [0.25, 0.3) is 0 Å². The molecular formula is C10H9FN4O. The largest absolute Gasteiger partial charge is 0.364 e. The van der Waals surface area contributed by atoms with Gasteiger partial charge in [-0.15, -0.1) is 0 Å². The minimum absolute atomic E-state index is 0.311. The molecule has 0 unspecified atom stereocenters. The number of aromatic amines is 1. The van der Waals surface area contributed by atoms with E-state index in [4.69, 9.17) is 0 Å². The first-order chi connectivity index (χ1) is 7.66. The Morgan fingerprint density at radius 2 is 2.12 bits per heavy atom. The topological polar surface area (TPSA) is 63.0 Å². The molecule has 0 aliphatic heterocycles. The molecule has 0 radical (unpaired) electrons. The van der Waals surface area contributed by atoms with E-state index in [1.54, 1.807) is 19.1 Å². The van der Waals surface area contributed by atoms with Crippen molar-refractivity contribution in [1.29, 1.82) is 0 Å². The number of nitrogens with one attached hydrogen (secondary N) is 1. The molecule has 0 amide bonds. The van der Waals surface area contributed by atoms with Gasteiger partial charge in [0, 0.05) is 0 Å². The molecule has 6 heteroatoms. The number of H-pyrrole nitrogens is 1. The van der Waals surface area contributed by atoms with Crippen molar-refractivity contribution in [1.82, 2.24) is 14.9 Å². The average molecular weight is 220 g/mol. The van der Waals surface area contributed by atoms with Crippen LogP contribution in [0.3, 0.4) is 0 Å². The van der Waals surface area contributed by atoms with Crippen LogP contribution in [0.5, 0.6) is 0 Å². The molecular weight excluding hydrogens is 211 g/mol. The van der Waals surface area contributed by atoms with Gasteiger partial charge in [-0.05, 0) is 24.6 Å². The Labute approximate surface area is 90.2 Å². The van der Waals surface area contributed by atoms with Crippen LogP contribution in [-0.4, -0.2) is 21.1 Å². The molecule has 2 aromatic rings. The second-order valence-corrected chi connectivity index (χ2v) is 3.18. The Balaban J connectivity index is 2.28. The Bertz CT molecular complexity index is 567. The third-order valence-corrected chi connectivity index (χ3v) is 2.00. The number of benzene rings is 1. The fourth-order valence-electron chi connectivity index (χ4n) is 1.18. The van der Waals surface area contributed by atoms with Gasteiger partial charge in [0.05, 0.1) is 6.21 Å². The highest BCUT2D eigenvalue weighted by Gasteiger charge is 1.99.